The maximum absolute atomic E-state index is 12.7. The van der Waals surface area contributed by atoms with Gasteiger partial charge >= 0.3 is 5.97 Å². The highest BCUT2D eigenvalue weighted by atomic mass is 19.1. The molecule has 0 atom stereocenters. The molecule has 0 aliphatic rings. The van der Waals surface area contributed by atoms with Gasteiger partial charge in [-0.2, -0.15) is 0 Å². The van der Waals surface area contributed by atoms with Crippen molar-refractivity contribution in [3.63, 3.8) is 0 Å². The van der Waals surface area contributed by atoms with Gasteiger partial charge in [-0.15, -0.1) is 0 Å². The van der Waals surface area contributed by atoms with Crippen molar-refractivity contribution in [3.8, 4) is 0 Å². The summed E-state index contributed by atoms with van der Waals surface area (Å²) in [5.74, 6) is -1.70. The third-order valence-electron chi connectivity index (χ3n) is 2.54. The summed E-state index contributed by atoms with van der Waals surface area (Å²) in [6.07, 6.45) is 0. The number of hydrogen-bond acceptors (Lipinski definition) is 3. The lowest BCUT2D eigenvalue weighted by molar-refractivity contribution is -0.139. The van der Waals surface area contributed by atoms with E-state index < -0.39 is 5.97 Å². The second-order valence-electron chi connectivity index (χ2n) is 4.45. The zero-order valence-electron chi connectivity index (χ0n) is 10.9. The van der Waals surface area contributed by atoms with E-state index in [0.717, 1.165) is 0 Å². The van der Waals surface area contributed by atoms with Crippen molar-refractivity contribution in [1.82, 2.24) is 4.90 Å². The molecule has 104 valence electrons. The van der Waals surface area contributed by atoms with Gasteiger partial charge in [0.25, 0.3) is 0 Å². The summed E-state index contributed by atoms with van der Waals surface area (Å²) in [6, 6.07) is 5.32. The van der Waals surface area contributed by atoms with Crippen LogP contribution >= 0.6 is 0 Å². The Hall–Kier alpha value is -1.95. The molecule has 2 N–H and O–H groups in total. The molecule has 0 radical (unpaired) electrons. The smallest absolute Gasteiger partial charge is 0.317 e. The second kappa shape index (κ2) is 6.84. The minimum absolute atomic E-state index is 0.0264. The highest BCUT2D eigenvalue weighted by Crippen LogP contribution is 2.08. The zero-order chi connectivity index (χ0) is 14.4. The topological polar surface area (TPSA) is 69.6 Å². The normalized spacial score (nSPS) is 10.8. The Morgan fingerprint density at radius 3 is 2.32 bits per heavy atom. The first-order valence-corrected chi connectivity index (χ1v) is 5.89. The number of rotatable bonds is 6. The molecule has 1 aromatic rings. The van der Waals surface area contributed by atoms with Gasteiger partial charge in [-0.3, -0.25) is 14.5 Å². The van der Waals surface area contributed by atoms with E-state index in [4.69, 9.17) is 5.11 Å². The van der Waals surface area contributed by atoms with Crippen LogP contribution in [0.3, 0.4) is 0 Å². The van der Waals surface area contributed by atoms with Crippen molar-refractivity contribution in [2.24, 2.45) is 0 Å². The number of carbonyl (C=O) groups excluding carboxylic acids is 1. The molecule has 0 unspecified atom stereocenters. The van der Waals surface area contributed by atoms with Crippen molar-refractivity contribution >= 4 is 17.6 Å². The van der Waals surface area contributed by atoms with E-state index in [-0.39, 0.29) is 30.9 Å². The van der Waals surface area contributed by atoms with Gasteiger partial charge in [0.15, 0.2) is 0 Å². The predicted molar refractivity (Wildman–Crippen MR) is 69.4 cm³/mol. The van der Waals surface area contributed by atoms with Gasteiger partial charge in [0.1, 0.15) is 5.82 Å². The number of carboxylic acids is 1. The highest BCUT2D eigenvalue weighted by molar-refractivity contribution is 5.92. The van der Waals surface area contributed by atoms with Crippen molar-refractivity contribution in [3.05, 3.63) is 30.1 Å². The summed E-state index contributed by atoms with van der Waals surface area (Å²) in [5.41, 5.74) is 0.477. The molecule has 1 amide bonds. The molecule has 0 saturated heterocycles. The lowest BCUT2D eigenvalue weighted by Crippen LogP contribution is -2.41. The molecule has 0 heterocycles. The summed E-state index contributed by atoms with van der Waals surface area (Å²) < 4.78 is 12.7. The number of carbonyl (C=O) groups is 2. The molecule has 1 rings (SSSR count). The van der Waals surface area contributed by atoms with Crippen LogP contribution in [0.25, 0.3) is 0 Å². The average molecular weight is 268 g/mol. The Bertz CT molecular complexity index is 446. The first kappa shape index (κ1) is 15.1. The number of halogens is 1. The van der Waals surface area contributed by atoms with Gasteiger partial charge in [0, 0.05) is 11.7 Å². The van der Waals surface area contributed by atoms with Crippen LogP contribution in [0.5, 0.6) is 0 Å². The Kier molecular flexibility index (Phi) is 5.44. The van der Waals surface area contributed by atoms with Gasteiger partial charge < -0.3 is 10.4 Å². The van der Waals surface area contributed by atoms with Crippen LogP contribution in [-0.2, 0) is 9.59 Å². The highest BCUT2D eigenvalue weighted by Gasteiger charge is 2.16. The van der Waals surface area contributed by atoms with Crippen LogP contribution in [-0.4, -0.2) is 41.0 Å². The van der Waals surface area contributed by atoms with E-state index in [2.05, 4.69) is 5.32 Å². The largest absolute Gasteiger partial charge is 0.480 e. The van der Waals surface area contributed by atoms with Crippen molar-refractivity contribution in [1.29, 1.82) is 0 Å². The van der Waals surface area contributed by atoms with Crippen molar-refractivity contribution < 1.29 is 19.1 Å². The summed E-state index contributed by atoms with van der Waals surface area (Å²) in [6.45, 7) is 3.40. The molecule has 6 heteroatoms. The number of nitrogens with zero attached hydrogens (tertiary/aromatic N) is 1. The van der Waals surface area contributed by atoms with Gasteiger partial charge in [-0.05, 0) is 38.1 Å². The summed E-state index contributed by atoms with van der Waals surface area (Å²) in [7, 11) is 0. The van der Waals surface area contributed by atoms with Gasteiger partial charge in [-0.1, -0.05) is 0 Å². The summed E-state index contributed by atoms with van der Waals surface area (Å²) in [4.78, 5) is 24.0. The van der Waals surface area contributed by atoms with Gasteiger partial charge in [0.05, 0.1) is 13.1 Å². The molecule has 0 bridgehead atoms. The first-order chi connectivity index (χ1) is 8.88. The Morgan fingerprint density at radius 2 is 1.84 bits per heavy atom. The molecule has 0 aromatic heterocycles. The van der Waals surface area contributed by atoms with E-state index in [1.165, 1.54) is 29.2 Å². The minimum atomic E-state index is -0.983. The lowest BCUT2D eigenvalue weighted by Gasteiger charge is -2.23. The summed E-state index contributed by atoms with van der Waals surface area (Å²) in [5, 5.41) is 11.3. The molecule has 5 nitrogen and oxygen atoms in total. The van der Waals surface area contributed by atoms with Crippen LogP contribution < -0.4 is 5.32 Å². The lowest BCUT2D eigenvalue weighted by atomic mass is 10.3. The molecule has 0 fully saturated rings. The summed E-state index contributed by atoms with van der Waals surface area (Å²) >= 11 is 0. The maximum Gasteiger partial charge on any atom is 0.317 e. The van der Waals surface area contributed by atoms with E-state index in [1.54, 1.807) is 0 Å². The SMILES string of the molecule is CC(C)N(CC(=O)O)CC(=O)Nc1ccc(F)cc1. The van der Waals surface area contributed by atoms with Crippen molar-refractivity contribution in [2.75, 3.05) is 18.4 Å². The Morgan fingerprint density at radius 1 is 1.26 bits per heavy atom. The molecule has 1 aromatic carbocycles. The number of aliphatic carboxylic acids is 1. The van der Waals surface area contributed by atoms with Crippen LogP contribution in [0.15, 0.2) is 24.3 Å². The third-order valence-corrected chi connectivity index (χ3v) is 2.54. The Labute approximate surface area is 111 Å². The number of carboxylic acid groups (broad SMARTS) is 1. The maximum atomic E-state index is 12.7. The van der Waals surface area contributed by atoms with E-state index in [0.29, 0.717) is 5.69 Å². The predicted octanol–water partition coefficient (Wildman–Crippen LogP) is 1.56. The van der Waals surface area contributed by atoms with E-state index >= 15 is 0 Å². The van der Waals surface area contributed by atoms with Crippen LogP contribution in [0, 0.1) is 5.82 Å². The number of benzene rings is 1. The van der Waals surface area contributed by atoms with Crippen LogP contribution in [0.2, 0.25) is 0 Å². The van der Waals surface area contributed by atoms with Crippen molar-refractivity contribution in [2.45, 2.75) is 19.9 Å². The third kappa shape index (κ3) is 5.48. The fourth-order valence-electron chi connectivity index (χ4n) is 1.51. The second-order valence-corrected chi connectivity index (χ2v) is 4.45. The first-order valence-electron chi connectivity index (χ1n) is 5.89. The van der Waals surface area contributed by atoms with Crippen LogP contribution in [0.4, 0.5) is 10.1 Å². The molecular weight excluding hydrogens is 251 g/mol. The molecule has 19 heavy (non-hydrogen) atoms. The number of nitrogens with one attached hydrogen (secondary N) is 1. The fourth-order valence-corrected chi connectivity index (χ4v) is 1.51. The molecular formula is C13H17FN2O3. The van der Waals surface area contributed by atoms with Gasteiger partial charge in [-0.25, -0.2) is 4.39 Å². The number of anilines is 1. The van der Waals surface area contributed by atoms with E-state index in [1.807, 2.05) is 13.8 Å². The molecule has 0 aliphatic heterocycles. The fraction of sp³-hybridized carbons (Fsp3) is 0.385. The van der Waals surface area contributed by atoms with Crippen LogP contribution in [0.1, 0.15) is 13.8 Å². The average Bonchev–Trinajstić information content (AvgIpc) is 2.30. The Balaban J connectivity index is 2.57. The minimum Gasteiger partial charge on any atom is -0.480 e. The monoisotopic (exact) mass is 268 g/mol. The molecule has 0 spiro atoms. The van der Waals surface area contributed by atoms with Gasteiger partial charge in [0.2, 0.25) is 5.91 Å². The molecule has 0 aliphatic carbocycles. The number of amides is 1. The number of hydrogen-bond donors (Lipinski definition) is 2. The zero-order valence-corrected chi connectivity index (χ0v) is 10.9. The van der Waals surface area contributed by atoms with E-state index in [9.17, 15) is 14.0 Å². The quantitative estimate of drug-likeness (QED) is 0.821. The molecule has 0 saturated carbocycles. The standard InChI is InChI=1S/C13H17FN2O3/c1-9(2)16(8-13(18)19)7-12(17)15-11-5-3-10(14)4-6-11/h3-6,9H,7-8H2,1-2H3,(H,15,17)(H,18,19).